The van der Waals surface area contributed by atoms with E-state index in [1.54, 1.807) is 4.90 Å². The first-order chi connectivity index (χ1) is 13.4. The molecule has 2 rings (SSSR count). The molecule has 1 fully saturated rings. The maximum atomic E-state index is 12.1. The monoisotopic (exact) mass is 392 g/mol. The lowest BCUT2D eigenvalue weighted by molar-refractivity contribution is 0.0148. The van der Waals surface area contributed by atoms with Crippen LogP contribution in [0.15, 0.2) is 29.5 Å². The normalized spacial score (nSPS) is 16.1. The summed E-state index contributed by atoms with van der Waals surface area (Å²) in [7, 11) is 0. The maximum Gasteiger partial charge on any atom is 0.410 e. The van der Waals surface area contributed by atoms with Crippen LogP contribution < -0.4 is 10.6 Å². The molecule has 0 aromatic carbocycles. The Hall–Kier alpha value is -2.22. The molecule has 1 aromatic rings. The Morgan fingerprint density at radius 3 is 2.36 bits per heavy atom. The van der Waals surface area contributed by atoms with Crippen molar-refractivity contribution in [3.63, 3.8) is 0 Å². The fourth-order valence-corrected chi connectivity index (χ4v) is 2.95. The first kappa shape index (κ1) is 22.1. The molecule has 1 aromatic heterocycles. The topological polar surface area (TPSA) is 74.1 Å². The number of carbonyl (C=O) groups is 1. The minimum absolute atomic E-state index is 0.216. The summed E-state index contributed by atoms with van der Waals surface area (Å²) in [6.45, 7) is 15.1. The van der Waals surface area contributed by atoms with E-state index in [-0.39, 0.29) is 6.09 Å². The van der Waals surface area contributed by atoms with Gasteiger partial charge in [0.25, 0.3) is 0 Å². The van der Waals surface area contributed by atoms with Gasteiger partial charge in [0.2, 0.25) is 0 Å². The summed E-state index contributed by atoms with van der Waals surface area (Å²) in [6.07, 6.45) is 3.90. The van der Waals surface area contributed by atoms with E-state index in [1.165, 1.54) is 0 Å². The summed E-state index contributed by atoms with van der Waals surface area (Å²) in [4.78, 5) is 20.9. The molecule has 0 atom stereocenters. The van der Waals surface area contributed by atoms with Gasteiger partial charge in [0, 0.05) is 64.8 Å². The Bertz CT molecular complexity index is 601. The second kappa shape index (κ2) is 10.9. The minimum atomic E-state index is -0.444. The van der Waals surface area contributed by atoms with Crippen LogP contribution in [0.25, 0.3) is 0 Å². The van der Waals surface area contributed by atoms with Gasteiger partial charge in [0.1, 0.15) is 5.60 Å². The number of amides is 1. The summed E-state index contributed by atoms with van der Waals surface area (Å²) >= 11 is 0. The van der Waals surface area contributed by atoms with Crippen molar-refractivity contribution < 1.29 is 9.53 Å². The molecular weight excluding hydrogens is 356 g/mol. The number of rotatable bonds is 7. The summed E-state index contributed by atoms with van der Waals surface area (Å²) in [5.74, 6) is 0.849. The van der Waals surface area contributed by atoms with Crippen LogP contribution in [-0.4, -0.2) is 84.4 Å². The molecule has 0 unspecified atom stereocenters. The molecule has 0 saturated carbocycles. The summed E-state index contributed by atoms with van der Waals surface area (Å²) in [5, 5.41) is 6.66. The molecule has 1 aliphatic heterocycles. The maximum absolute atomic E-state index is 12.1. The van der Waals surface area contributed by atoms with Crippen molar-refractivity contribution in [1.29, 1.82) is 0 Å². The van der Waals surface area contributed by atoms with E-state index in [4.69, 9.17) is 4.74 Å². The molecule has 1 saturated heterocycles. The second-order valence-corrected chi connectivity index (χ2v) is 7.92. The van der Waals surface area contributed by atoms with Gasteiger partial charge in [0.05, 0.1) is 6.54 Å². The van der Waals surface area contributed by atoms with Gasteiger partial charge in [-0.25, -0.2) is 4.79 Å². The van der Waals surface area contributed by atoms with Crippen LogP contribution in [0.4, 0.5) is 4.79 Å². The predicted molar refractivity (Wildman–Crippen MR) is 113 cm³/mol. The van der Waals surface area contributed by atoms with Gasteiger partial charge in [-0.3, -0.25) is 9.89 Å². The van der Waals surface area contributed by atoms with E-state index in [2.05, 4.69) is 44.4 Å². The van der Waals surface area contributed by atoms with Crippen LogP contribution in [0.5, 0.6) is 0 Å². The number of nitrogens with zero attached hydrogens (tertiary/aromatic N) is 4. The van der Waals surface area contributed by atoms with Crippen molar-refractivity contribution >= 4 is 12.1 Å². The number of piperazine rings is 1. The Morgan fingerprint density at radius 2 is 1.75 bits per heavy atom. The van der Waals surface area contributed by atoms with Crippen molar-refractivity contribution in [2.45, 2.75) is 39.8 Å². The average Bonchev–Trinajstić information content (AvgIpc) is 3.14. The Balaban J connectivity index is 1.68. The molecule has 0 radical (unpaired) electrons. The molecule has 158 valence electrons. The van der Waals surface area contributed by atoms with Gasteiger partial charge >= 0.3 is 6.09 Å². The molecule has 2 N–H and O–H groups in total. The van der Waals surface area contributed by atoms with Crippen LogP contribution in [0.1, 0.15) is 27.7 Å². The van der Waals surface area contributed by atoms with Gasteiger partial charge in [0.15, 0.2) is 5.96 Å². The largest absolute Gasteiger partial charge is 0.444 e. The van der Waals surface area contributed by atoms with Crippen molar-refractivity contribution in [3.05, 3.63) is 24.5 Å². The molecule has 8 heteroatoms. The molecule has 0 aliphatic carbocycles. The highest BCUT2D eigenvalue weighted by molar-refractivity contribution is 5.79. The predicted octanol–water partition coefficient (Wildman–Crippen LogP) is 1.60. The molecule has 1 aliphatic rings. The molecule has 0 bridgehead atoms. The van der Waals surface area contributed by atoms with Crippen LogP contribution in [0.2, 0.25) is 0 Å². The zero-order valence-electron chi connectivity index (χ0n) is 17.8. The smallest absolute Gasteiger partial charge is 0.410 e. The highest BCUT2D eigenvalue weighted by Crippen LogP contribution is 2.11. The number of nitrogens with one attached hydrogen (secondary N) is 2. The fourth-order valence-electron chi connectivity index (χ4n) is 2.95. The van der Waals surface area contributed by atoms with Crippen molar-refractivity contribution in [1.82, 2.24) is 25.0 Å². The number of guanidine groups is 1. The first-order valence-corrected chi connectivity index (χ1v) is 10.2. The molecule has 1 amide bonds. The van der Waals surface area contributed by atoms with E-state index in [9.17, 15) is 4.79 Å². The van der Waals surface area contributed by atoms with E-state index < -0.39 is 5.60 Å². The van der Waals surface area contributed by atoms with Crippen molar-refractivity contribution in [2.24, 2.45) is 4.99 Å². The Kier molecular flexibility index (Phi) is 8.63. The fraction of sp³-hybridized carbons (Fsp3) is 0.700. The highest BCUT2D eigenvalue weighted by atomic mass is 16.6. The van der Waals surface area contributed by atoms with Crippen LogP contribution >= 0.6 is 0 Å². The lowest BCUT2D eigenvalue weighted by Gasteiger charge is -2.35. The van der Waals surface area contributed by atoms with E-state index in [0.717, 1.165) is 51.8 Å². The highest BCUT2D eigenvalue weighted by Gasteiger charge is 2.25. The lowest BCUT2D eigenvalue weighted by atomic mass is 10.2. The second-order valence-electron chi connectivity index (χ2n) is 7.92. The standard InChI is InChI=1S/C20H36N6O2/c1-5-21-18(22-8-12-24-10-6-7-11-24)23-9-13-25-14-16-26(17-15-25)19(27)28-20(2,3)4/h6-7,10-11H,5,8-9,12-17H2,1-4H3,(H2,21,22,23). The van der Waals surface area contributed by atoms with Gasteiger partial charge in [-0.2, -0.15) is 0 Å². The molecule has 28 heavy (non-hydrogen) atoms. The van der Waals surface area contributed by atoms with Crippen molar-refractivity contribution in [3.8, 4) is 0 Å². The summed E-state index contributed by atoms with van der Waals surface area (Å²) in [6, 6.07) is 4.06. The number of aliphatic imine (C=N–C) groups is 1. The minimum Gasteiger partial charge on any atom is -0.444 e. The Morgan fingerprint density at radius 1 is 1.07 bits per heavy atom. The summed E-state index contributed by atoms with van der Waals surface area (Å²) in [5.41, 5.74) is -0.444. The SMILES string of the molecule is CCNC(=NCCN1CCN(C(=O)OC(C)(C)C)CC1)NCCn1cccc1. The zero-order valence-corrected chi connectivity index (χ0v) is 17.8. The molecule has 0 spiro atoms. The zero-order chi connectivity index (χ0) is 20.4. The van der Waals surface area contributed by atoms with E-state index in [1.807, 2.05) is 32.9 Å². The van der Waals surface area contributed by atoms with Crippen LogP contribution in [0, 0.1) is 0 Å². The Labute approximate surface area is 168 Å². The number of aromatic nitrogens is 1. The number of carbonyl (C=O) groups excluding carboxylic acids is 1. The van der Waals surface area contributed by atoms with Crippen molar-refractivity contribution in [2.75, 3.05) is 52.4 Å². The van der Waals surface area contributed by atoms with Gasteiger partial charge in [-0.05, 0) is 39.8 Å². The lowest BCUT2D eigenvalue weighted by Crippen LogP contribution is -2.50. The number of hydrogen-bond donors (Lipinski definition) is 2. The number of ether oxygens (including phenoxy) is 1. The van der Waals surface area contributed by atoms with E-state index >= 15 is 0 Å². The molecular formula is C20H36N6O2. The third kappa shape index (κ3) is 8.21. The third-order valence-corrected chi connectivity index (χ3v) is 4.38. The third-order valence-electron chi connectivity index (χ3n) is 4.38. The van der Waals surface area contributed by atoms with Crippen LogP contribution in [-0.2, 0) is 11.3 Å². The van der Waals surface area contributed by atoms with E-state index in [0.29, 0.717) is 13.1 Å². The quantitative estimate of drug-likeness (QED) is 0.545. The van der Waals surface area contributed by atoms with Crippen LogP contribution in [0.3, 0.4) is 0 Å². The molecule has 2 heterocycles. The van der Waals surface area contributed by atoms with Gasteiger partial charge in [-0.1, -0.05) is 0 Å². The number of hydrogen-bond acceptors (Lipinski definition) is 4. The molecule has 8 nitrogen and oxygen atoms in total. The average molecular weight is 393 g/mol. The van der Waals surface area contributed by atoms with Gasteiger partial charge in [-0.15, -0.1) is 0 Å². The van der Waals surface area contributed by atoms with Gasteiger partial charge < -0.3 is 24.8 Å². The summed E-state index contributed by atoms with van der Waals surface area (Å²) < 4.78 is 7.58. The first-order valence-electron chi connectivity index (χ1n) is 10.2.